The number of aromatic nitrogens is 3. The maximum absolute atomic E-state index is 5.04. The van der Waals surface area contributed by atoms with Crippen molar-refractivity contribution in [2.24, 2.45) is 0 Å². The number of benzene rings is 1. The number of rotatable bonds is 3. The van der Waals surface area contributed by atoms with Crippen LogP contribution in [0.25, 0.3) is 11.4 Å². The molecule has 0 radical (unpaired) electrons. The van der Waals surface area contributed by atoms with Gasteiger partial charge in [-0.05, 0) is 12.1 Å². The summed E-state index contributed by atoms with van der Waals surface area (Å²) in [5.41, 5.74) is 0.900. The summed E-state index contributed by atoms with van der Waals surface area (Å²) >= 11 is 3.41. The van der Waals surface area contributed by atoms with Crippen LogP contribution in [-0.4, -0.2) is 29.1 Å². The molecule has 1 aromatic carbocycles. The Labute approximate surface area is 107 Å². The lowest BCUT2D eigenvalue weighted by Crippen LogP contribution is -2.03. The van der Waals surface area contributed by atoms with Crippen molar-refractivity contribution in [3.63, 3.8) is 0 Å². The van der Waals surface area contributed by atoms with E-state index in [9.17, 15) is 0 Å². The molecular formula is C11H11BrN4O. The topological polar surface area (TPSA) is 59.9 Å². The van der Waals surface area contributed by atoms with Gasteiger partial charge in [0.15, 0.2) is 5.82 Å². The van der Waals surface area contributed by atoms with E-state index in [4.69, 9.17) is 4.74 Å². The van der Waals surface area contributed by atoms with E-state index in [1.807, 2.05) is 24.3 Å². The average Bonchev–Trinajstić information content (AvgIpc) is 2.38. The second-order valence-electron chi connectivity index (χ2n) is 3.23. The molecule has 1 heterocycles. The minimum absolute atomic E-state index is 0.291. The van der Waals surface area contributed by atoms with Gasteiger partial charge in [0.1, 0.15) is 0 Å². The van der Waals surface area contributed by atoms with E-state index in [0.29, 0.717) is 17.8 Å². The van der Waals surface area contributed by atoms with E-state index in [0.717, 1.165) is 10.0 Å². The molecule has 2 rings (SSSR count). The van der Waals surface area contributed by atoms with Gasteiger partial charge >= 0.3 is 6.01 Å². The zero-order valence-electron chi connectivity index (χ0n) is 9.44. The summed E-state index contributed by atoms with van der Waals surface area (Å²) in [6.45, 7) is 0. The highest BCUT2D eigenvalue weighted by Gasteiger charge is 2.08. The Bertz CT molecular complexity index is 510. The Kier molecular flexibility index (Phi) is 3.53. The molecule has 0 fully saturated rings. The Morgan fingerprint density at radius 2 is 2.06 bits per heavy atom. The number of hydrogen-bond acceptors (Lipinski definition) is 5. The maximum atomic E-state index is 5.04. The van der Waals surface area contributed by atoms with Gasteiger partial charge in [-0.15, -0.1) is 0 Å². The van der Waals surface area contributed by atoms with Crippen molar-refractivity contribution in [1.82, 2.24) is 15.0 Å². The van der Waals surface area contributed by atoms with Crippen LogP contribution in [0.15, 0.2) is 28.7 Å². The predicted octanol–water partition coefficient (Wildman–Crippen LogP) is 2.35. The number of hydrogen-bond donors (Lipinski definition) is 1. The van der Waals surface area contributed by atoms with Crippen LogP contribution >= 0.6 is 15.9 Å². The third-order valence-electron chi connectivity index (χ3n) is 2.10. The van der Waals surface area contributed by atoms with Crippen molar-refractivity contribution in [3.05, 3.63) is 28.7 Å². The molecule has 88 valence electrons. The molecular weight excluding hydrogens is 284 g/mol. The highest BCUT2D eigenvalue weighted by molar-refractivity contribution is 9.10. The van der Waals surface area contributed by atoms with Crippen molar-refractivity contribution >= 4 is 21.9 Å². The smallest absolute Gasteiger partial charge is 0.321 e. The molecule has 0 aliphatic rings. The van der Waals surface area contributed by atoms with E-state index in [1.165, 1.54) is 7.11 Å². The Morgan fingerprint density at radius 1 is 1.24 bits per heavy atom. The van der Waals surface area contributed by atoms with E-state index in [-0.39, 0.29) is 0 Å². The molecule has 0 saturated carbocycles. The first kappa shape index (κ1) is 11.8. The second-order valence-corrected chi connectivity index (χ2v) is 4.15. The first-order valence-electron chi connectivity index (χ1n) is 4.96. The highest BCUT2D eigenvalue weighted by Crippen LogP contribution is 2.21. The summed E-state index contributed by atoms with van der Waals surface area (Å²) in [5.74, 6) is 1.05. The fourth-order valence-electron chi connectivity index (χ4n) is 1.32. The Morgan fingerprint density at radius 3 is 2.71 bits per heavy atom. The molecule has 17 heavy (non-hydrogen) atoms. The monoisotopic (exact) mass is 294 g/mol. The zero-order chi connectivity index (χ0) is 12.3. The molecule has 1 N–H and O–H groups in total. The van der Waals surface area contributed by atoms with Gasteiger partial charge < -0.3 is 10.1 Å². The summed E-state index contributed by atoms with van der Waals surface area (Å²) in [5, 5.41) is 2.87. The molecule has 0 saturated heterocycles. The fourth-order valence-corrected chi connectivity index (χ4v) is 1.72. The van der Waals surface area contributed by atoms with Crippen LogP contribution in [0.3, 0.4) is 0 Å². The molecule has 5 nitrogen and oxygen atoms in total. The molecule has 0 bridgehead atoms. The van der Waals surface area contributed by atoms with Gasteiger partial charge in [0, 0.05) is 17.1 Å². The predicted molar refractivity (Wildman–Crippen MR) is 69.1 cm³/mol. The Hall–Kier alpha value is -1.69. The van der Waals surface area contributed by atoms with Crippen LogP contribution in [0, 0.1) is 0 Å². The Balaban J connectivity index is 2.50. The molecule has 0 amide bonds. The number of nitrogens with zero attached hydrogens (tertiary/aromatic N) is 3. The number of halogens is 1. The van der Waals surface area contributed by atoms with E-state index in [2.05, 4.69) is 36.2 Å². The quantitative estimate of drug-likeness (QED) is 0.942. The zero-order valence-corrected chi connectivity index (χ0v) is 11.0. The summed E-state index contributed by atoms with van der Waals surface area (Å²) < 4.78 is 6.01. The van der Waals surface area contributed by atoms with Crippen LogP contribution in [0.4, 0.5) is 5.95 Å². The third-order valence-corrected chi connectivity index (χ3v) is 2.60. The van der Waals surface area contributed by atoms with Crippen molar-refractivity contribution in [2.45, 2.75) is 0 Å². The van der Waals surface area contributed by atoms with Gasteiger partial charge in [0.25, 0.3) is 0 Å². The fraction of sp³-hybridized carbons (Fsp3) is 0.182. The SMILES string of the molecule is CNc1nc(OC)nc(-c2cccc(Br)c2)n1. The van der Waals surface area contributed by atoms with E-state index < -0.39 is 0 Å². The van der Waals surface area contributed by atoms with Crippen molar-refractivity contribution in [1.29, 1.82) is 0 Å². The van der Waals surface area contributed by atoms with Gasteiger partial charge in [0.05, 0.1) is 7.11 Å². The van der Waals surface area contributed by atoms with E-state index >= 15 is 0 Å². The van der Waals surface area contributed by atoms with Crippen molar-refractivity contribution in [3.8, 4) is 17.4 Å². The number of nitrogens with one attached hydrogen (secondary N) is 1. The molecule has 0 atom stereocenters. The number of anilines is 1. The van der Waals surface area contributed by atoms with Crippen LogP contribution in [0.2, 0.25) is 0 Å². The average molecular weight is 295 g/mol. The molecule has 0 aliphatic heterocycles. The molecule has 0 spiro atoms. The van der Waals surface area contributed by atoms with Gasteiger partial charge in [-0.25, -0.2) is 0 Å². The minimum atomic E-state index is 0.291. The molecule has 1 aromatic heterocycles. The minimum Gasteiger partial charge on any atom is -0.467 e. The summed E-state index contributed by atoms with van der Waals surface area (Å²) in [4.78, 5) is 12.5. The lowest BCUT2D eigenvalue weighted by molar-refractivity contribution is 0.379. The van der Waals surface area contributed by atoms with Crippen LogP contribution in [-0.2, 0) is 0 Å². The molecule has 0 unspecified atom stereocenters. The largest absolute Gasteiger partial charge is 0.467 e. The van der Waals surface area contributed by atoms with Gasteiger partial charge in [-0.1, -0.05) is 28.1 Å². The van der Waals surface area contributed by atoms with Crippen molar-refractivity contribution in [2.75, 3.05) is 19.5 Å². The highest BCUT2D eigenvalue weighted by atomic mass is 79.9. The van der Waals surface area contributed by atoms with Gasteiger partial charge in [0.2, 0.25) is 5.95 Å². The molecule has 2 aromatic rings. The molecule has 0 aliphatic carbocycles. The van der Waals surface area contributed by atoms with Gasteiger partial charge in [-0.3, -0.25) is 0 Å². The third kappa shape index (κ3) is 2.71. The van der Waals surface area contributed by atoms with Crippen LogP contribution in [0.5, 0.6) is 6.01 Å². The van der Waals surface area contributed by atoms with Crippen molar-refractivity contribution < 1.29 is 4.74 Å². The van der Waals surface area contributed by atoms with E-state index in [1.54, 1.807) is 7.05 Å². The maximum Gasteiger partial charge on any atom is 0.321 e. The summed E-state index contributed by atoms with van der Waals surface area (Å²) in [7, 11) is 3.28. The second kappa shape index (κ2) is 5.09. The normalized spacial score (nSPS) is 10.1. The van der Waals surface area contributed by atoms with Crippen LogP contribution in [0.1, 0.15) is 0 Å². The molecule has 6 heteroatoms. The summed E-state index contributed by atoms with van der Waals surface area (Å²) in [6.07, 6.45) is 0. The summed E-state index contributed by atoms with van der Waals surface area (Å²) in [6, 6.07) is 8.03. The lowest BCUT2D eigenvalue weighted by atomic mass is 10.2. The first-order valence-corrected chi connectivity index (χ1v) is 5.76. The number of ether oxygens (including phenoxy) is 1. The van der Waals surface area contributed by atoms with Crippen LogP contribution < -0.4 is 10.1 Å². The lowest BCUT2D eigenvalue weighted by Gasteiger charge is -2.05. The van der Waals surface area contributed by atoms with Gasteiger partial charge in [-0.2, -0.15) is 15.0 Å². The number of methoxy groups -OCH3 is 1. The first-order chi connectivity index (χ1) is 8.22. The standard InChI is InChI=1S/C11H11BrN4O/c1-13-10-14-9(15-11(16-10)17-2)7-4-3-5-8(12)6-7/h3-6H,1-2H3,(H,13,14,15,16).